The Morgan fingerprint density at radius 2 is 2.50 bits per heavy atom. The molecule has 1 saturated heterocycles. The zero-order chi connectivity index (χ0) is 8.39. The molecule has 1 aliphatic heterocycles. The minimum atomic E-state index is 0.435. The maximum atomic E-state index is 5.33. The van der Waals surface area contributed by atoms with E-state index < -0.39 is 0 Å². The van der Waals surface area contributed by atoms with E-state index in [1.54, 1.807) is 6.20 Å². The third-order valence-electron chi connectivity index (χ3n) is 2.17. The lowest BCUT2D eigenvalue weighted by atomic mass is 9.97. The second-order valence-electron chi connectivity index (χ2n) is 2.88. The standard InChI is InChI=1S/C10H10N2/c1-2-9-8(4-3-6-11-9)10-5-7-12-10/h1,3-4,6,10,12H,5,7H2. The molecule has 1 fully saturated rings. The zero-order valence-corrected chi connectivity index (χ0v) is 6.75. The second kappa shape index (κ2) is 2.96. The summed E-state index contributed by atoms with van der Waals surface area (Å²) in [5, 5.41) is 3.30. The number of hydrogen-bond donors (Lipinski definition) is 1. The lowest BCUT2D eigenvalue weighted by molar-refractivity contribution is 0.382. The summed E-state index contributed by atoms with van der Waals surface area (Å²) in [6, 6.07) is 4.40. The van der Waals surface area contributed by atoms with E-state index in [-0.39, 0.29) is 0 Å². The molecule has 1 aromatic heterocycles. The molecule has 2 nitrogen and oxygen atoms in total. The van der Waals surface area contributed by atoms with Crippen LogP contribution in [0.5, 0.6) is 0 Å². The number of nitrogens with one attached hydrogen (secondary N) is 1. The van der Waals surface area contributed by atoms with E-state index in [4.69, 9.17) is 6.42 Å². The molecule has 0 aliphatic carbocycles. The lowest BCUT2D eigenvalue weighted by Crippen LogP contribution is -2.35. The van der Waals surface area contributed by atoms with Crippen LogP contribution in [0.1, 0.15) is 23.7 Å². The van der Waals surface area contributed by atoms with E-state index in [0.29, 0.717) is 6.04 Å². The first kappa shape index (κ1) is 7.33. The van der Waals surface area contributed by atoms with E-state index in [1.807, 2.05) is 12.1 Å². The highest BCUT2D eigenvalue weighted by Gasteiger charge is 2.20. The molecule has 2 heterocycles. The molecule has 2 rings (SSSR count). The Kier molecular flexibility index (Phi) is 1.81. The van der Waals surface area contributed by atoms with Gasteiger partial charge in [0.25, 0.3) is 0 Å². The van der Waals surface area contributed by atoms with Crippen molar-refractivity contribution in [1.29, 1.82) is 0 Å². The van der Waals surface area contributed by atoms with E-state index in [2.05, 4.69) is 16.2 Å². The SMILES string of the molecule is C#Cc1ncccc1C1CCN1. The molecule has 60 valence electrons. The fraction of sp³-hybridized carbons (Fsp3) is 0.300. The molecule has 1 unspecified atom stereocenters. The van der Waals surface area contributed by atoms with Crippen LogP contribution in [0.3, 0.4) is 0 Å². The van der Waals surface area contributed by atoms with Crippen molar-refractivity contribution in [3.8, 4) is 12.3 Å². The molecule has 12 heavy (non-hydrogen) atoms. The molecule has 2 heteroatoms. The minimum Gasteiger partial charge on any atom is -0.310 e. The van der Waals surface area contributed by atoms with Crippen LogP contribution in [0, 0.1) is 12.3 Å². The number of nitrogens with zero attached hydrogens (tertiary/aromatic N) is 1. The summed E-state index contributed by atoms with van der Waals surface area (Å²) in [6.45, 7) is 1.09. The normalized spacial score (nSPS) is 21.1. The molecule has 0 amide bonds. The Morgan fingerprint density at radius 3 is 3.08 bits per heavy atom. The number of pyridine rings is 1. The Morgan fingerprint density at radius 1 is 1.67 bits per heavy atom. The molecule has 1 atom stereocenters. The number of aromatic nitrogens is 1. The van der Waals surface area contributed by atoms with Crippen LogP contribution in [-0.4, -0.2) is 11.5 Å². The molecular weight excluding hydrogens is 148 g/mol. The quantitative estimate of drug-likeness (QED) is 0.619. The fourth-order valence-electron chi connectivity index (χ4n) is 1.37. The number of hydrogen-bond acceptors (Lipinski definition) is 2. The monoisotopic (exact) mass is 158 g/mol. The Balaban J connectivity index is 2.35. The first-order chi connectivity index (χ1) is 5.92. The first-order valence-corrected chi connectivity index (χ1v) is 4.06. The maximum Gasteiger partial charge on any atom is 0.117 e. The summed E-state index contributed by atoms with van der Waals surface area (Å²) in [4.78, 5) is 4.12. The van der Waals surface area contributed by atoms with Gasteiger partial charge in [0.1, 0.15) is 5.69 Å². The van der Waals surface area contributed by atoms with Gasteiger partial charge >= 0.3 is 0 Å². The van der Waals surface area contributed by atoms with Crippen LogP contribution in [0.15, 0.2) is 18.3 Å². The second-order valence-corrected chi connectivity index (χ2v) is 2.88. The van der Waals surface area contributed by atoms with E-state index in [1.165, 1.54) is 6.42 Å². The van der Waals surface area contributed by atoms with Gasteiger partial charge in [-0.15, -0.1) is 6.42 Å². The molecule has 0 saturated carbocycles. The molecular formula is C10H10N2. The smallest absolute Gasteiger partial charge is 0.117 e. The van der Waals surface area contributed by atoms with Gasteiger partial charge in [-0.2, -0.15) is 0 Å². The van der Waals surface area contributed by atoms with Gasteiger partial charge in [-0.25, -0.2) is 4.98 Å². The topological polar surface area (TPSA) is 24.9 Å². The molecule has 1 N–H and O–H groups in total. The highest BCUT2D eigenvalue weighted by Crippen LogP contribution is 2.23. The van der Waals surface area contributed by atoms with Crippen molar-refractivity contribution in [3.63, 3.8) is 0 Å². The predicted molar refractivity (Wildman–Crippen MR) is 47.5 cm³/mol. The van der Waals surface area contributed by atoms with Crippen LogP contribution in [0.4, 0.5) is 0 Å². The summed E-state index contributed by atoms with van der Waals surface area (Å²) < 4.78 is 0. The minimum absolute atomic E-state index is 0.435. The summed E-state index contributed by atoms with van der Waals surface area (Å²) in [5.74, 6) is 2.59. The van der Waals surface area contributed by atoms with Crippen molar-refractivity contribution < 1.29 is 0 Å². The van der Waals surface area contributed by atoms with Gasteiger partial charge in [-0.3, -0.25) is 0 Å². The van der Waals surface area contributed by atoms with Crippen molar-refractivity contribution in [2.24, 2.45) is 0 Å². The summed E-state index contributed by atoms with van der Waals surface area (Å²) in [7, 11) is 0. The van der Waals surface area contributed by atoms with Gasteiger partial charge < -0.3 is 5.32 Å². The van der Waals surface area contributed by atoms with Gasteiger partial charge in [0.2, 0.25) is 0 Å². The summed E-state index contributed by atoms with van der Waals surface area (Å²) in [6.07, 6.45) is 8.23. The maximum absolute atomic E-state index is 5.33. The van der Waals surface area contributed by atoms with E-state index in [0.717, 1.165) is 17.8 Å². The highest BCUT2D eigenvalue weighted by atomic mass is 15.0. The van der Waals surface area contributed by atoms with Gasteiger partial charge in [0.05, 0.1) is 0 Å². The van der Waals surface area contributed by atoms with Gasteiger partial charge in [-0.1, -0.05) is 6.07 Å². The van der Waals surface area contributed by atoms with Crippen molar-refractivity contribution in [3.05, 3.63) is 29.6 Å². The van der Waals surface area contributed by atoms with Crippen LogP contribution in [0.2, 0.25) is 0 Å². The lowest BCUT2D eigenvalue weighted by Gasteiger charge is -2.28. The molecule has 1 aliphatic rings. The Hall–Kier alpha value is -1.33. The molecule has 0 aromatic carbocycles. The molecule has 0 spiro atoms. The fourth-order valence-corrected chi connectivity index (χ4v) is 1.37. The van der Waals surface area contributed by atoms with E-state index >= 15 is 0 Å². The van der Waals surface area contributed by atoms with Crippen LogP contribution < -0.4 is 5.32 Å². The Labute approximate surface area is 72.0 Å². The zero-order valence-electron chi connectivity index (χ0n) is 6.75. The first-order valence-electron chi connectivity index (χ1n) is 4.06. The van der Waals surface area contributed by atoms with Crippen molar-refractivity contribution in [1.82, 2.24) is 10.3 Å². The average Bonchev–Trinajstić information content (AvgIpc) is 2.02. The largest absolute Gasteiger partial charge is 0.310 e. The summed E-state index contributed by atoms with van der Waals surface area (Å²) in [5.41, 5.74) is 1.93. The number of rotatable bonds is 1. The van der Waals surface area contributed by atoms with Crippen molar-refractivity contribution in [2.45, 2.75) is 12.5 Å². The van der Waals surface area contributed by atoms with Gasteiger partial charge in [0.15, 0.2) is 0 Å². The van der Waals surface area contributed by atoms with Gasteiger partial charge in [0, 0.05) is 17.8 Å². The summed E-state index contributed by atoms with van der Waals surface area (Å²) >= 11 is 0. The van der Waals surface area contributed by atoms with Crippen LogP contribution in [0.25, 0.3) is 0 Å². The predicted octanol–water partition coefficient (Wildman–Crippen LogP) is 1.10. The van der Waals surface area contributed by atoms with Crippen LogP contribution in [-0.2, 0) is 0 Å². The number of terminal acetylenes is 1. The van der Waals surface area contributed by atoms with Crippen molar-refractivity contribution in [2.75, 3.05) is 6.54 Å². The molecule has 0 radical (unpaired) electrons. The third kappa shape index (κ3) is 1.09. The Bertz CT molecular complexity index is 321. The molecule has 0 bridgehead atoms. The third-order valence-corrected chi connectivity index (χ3v) is 2.17. The molecule has 1 aromatic rings. The van der Waals surface area contributed by atoms with Crippen molar-refractivity contribution >= 4 is 0 Å². The van der Waals surface area contributed by atoms with Gasteiger partial charge in [-0.05, 0) is 25.0 Å². The average molecular weight is 158 g/mol. The van der Waals surface area contributed by atoms with Crippen LogP contribution >= 0.6 is 0 Å². The van der Waals surface area contributed by atoms with E-state index in [9.17, 15) is 0 Å². The highest BCUT2D eigenvalue weighted by molar-refractivity contribution is 5.36.